The minimum atomic E-state index is 0.696. The van der Waals surface area contributed by atoms with Crippen molar-refractivity contribution in [2.75, 3.05) is 13.1 Å². The maximum atomic E-state index is 4.59. The van der Waals surface area contributed by atoms with E-state index >= 15 is 0 Å². The van der Waals surface area contributed by atoms with Crippen molar-refractivity contribution in [3.63, 3.8) is 0 Å². The molecule has 1 atom stereocenters. The predicted octanol–water partition coefficient (Wildman–Crippen LogP) is 1.58. The fraction of sp³-hybridized carbons (Fsp3) is 0.538. The van der Waals surface area contributed by atoms with Crippen molar-refractivity contribution in [2.24, 2.45) is 5.92 Å². The van der Waals surface area contributed by atoms with E-state index in [1.165, 1.54) is 12.8 Å². The molecule has 0 aromatic carbocycles. The van der Waals surface area contributed by atoms with Crippen LogP contribution in [0.25, 0.3) is 5.65 Å². The number of fused-ring (bicyclic) bond motifs is 1. The maximum absolute atomic E-state index is 4.59. The number of nitrogens with one attached hydrogen (secondary N) is 1. The Morgan fingerprint density at radius 2 is 2.41 bits per heavy atom. The first-order chi connectivity index (χ1) is 8.33. The van der Waals surface area contributed by atoms with Crippen LogP contribution in [0, 0.1) is 12.8 Å². The van der Waals surface area contributed by atoms with Crippen molar-refractivity contribution in [1.29, 1.82) is 0 Å². The van der Waals surface area contributed by atoms with Gasteiger partial charge in [-0.3, -0.25) is 0 Å². The summed E-state index contributed by atoms with van der Waals surface area (Å²) in [6.45, 7) is 4.33. The van der Waals surface area contributed by atoms with Crippen LogP contribution in [0.3, 0.4) is 0 Å². The van der Waals surface area contributed by atoms with Crippen molar-refractivity contribution >= 4 is 5.65 Å². The van der Waals surface area contributed by atoms with Crippen LogP contribution in [0.15, 0.2) is 18.2 Å². The molecule has 1 saturated heterocycles. The highest BCUT2D eigenvalue weighted by atomic mass is 15.3. The van der Waals surface area contributed by atoms with Gasteiger partial charge in [-0.05, 0) is 50.9 Å². The molecule has 1 aliphatic rings. The third-order valence-corrected chi connectivity index (χ3v) is 3.46. The number of rotatable bonds is 2. The lowest BCUT2D eigenvalue weighted by Crippen LogP contribution is -2.31. The molecule has 0 spiro atoms. The van der Waals surface area contributed by atoms with Crippen molar-refractivity contribution in [2.45, 2.75) is 26.2 Å². The molecule has 3 rings (SSSR count). The SMILES string of the molecule is Cc1cccc2nc(CC3CCCNC3)nn12. The third-order valence-electron chi connectivity index (χ3n) is 3.46. The van der Waals surface area contributed by atoms with Crippen molar-refractivity contribution in [3.8, 4) is 0 Å². The highest BCUT2D eigenvalue weighted by molar-refractivity contribution is 5.38. The van der Waals surface area contributed by atoms with E-state index < -0.39 is 0 Å². The minimum absolute atomic E-state index is 0.696. The second-order valence-corrected chi connectivity index (χ2v) is 4.88. The monoisotopic (exact) mass is 230 g/mol. The first-order valence-corrected chi connectivity index (χ1v) is 6.35. The summed E-state index contributed by atoms with van der Waals surface area (Å²) < 4.78 is 1.94. The van der Waals surface area contributed by atoms with Crippen LogP contribution in [-0.4, -0.2) is 27.7 Å². The average Bonchev–Trinajstić information content (AvgIpc) is 2.74. The standard InChI is InChI=1S/C13H18N4/c1-10-4-2-6-13-15-12(16-17(10)13)8-11-5-3-7-14-9-11/h2,4,6,11,14H,3,5,7-9H2,1H3. The van der Waals surface area contributed by atoms with E-state index in [1.54, 1.807) is 0 Å². The molecule has 0 aliphatic carbocycles. The number of piperidine rings is 1. The zero-order chi connectivity index (χ0) is 11.7. The van der Waals surface area contributed by atoms with Crippen LogP contribution in [0.1, 0.15) is 24.4 Å². The third kappa shape index (κ3) is 2.17. The van der Waals surface area contributed by atoms with Gasteiger partial charge in [0.2, 0.25) is 0 Å². The largest absolute Gasteiger partial charge is 0.316 e. The number of aromatic nitrogens is 3. The second-order valence-electron chi connectivity index (χ2n) is 4.88. The molecular formula is C13H18N4. The molecule has 0 saturated carbocycles. The Balaban J connectivity index is 1.83. The molecule has 0 bridgehead atoms. The topological polar surface area (TPSA) is 42.2 Å². The van der Waals surface area contributed by atoms with Gasteiger partial charge >= 0.3 is 0 Å². The van der Waals surface area contributed by atoms with Gasteiger partial charge < -0.3 is 5.32 Å². The lowest BCUT2D eigenvalue weighted by Gasteiger charge is -2.21. The van der Waals surface area contributed by atoms with E-state index in [2.05, 4.69) is 28.4 Å². The summed E-state index contributed by atoms with van der Waals surface area (Å²) in [7, 11) is 0. The smallest absolute Gasteiger partial charge is 0.155 e. The summed E-state index contributed by atoms with van der Waals surface area (Å²) in [5.74, 6) is 1.68. The van der Waals surface area contributed by atoms with Gasteiger partial charge in [0.05, 0.1) is 0 Å². The van der Waals surface area contributed by atoms with E-state index in [4.69, 9.17) is 0 Å². The number of pyridine rings is 1. The van der Waals surface area contributed by atoms with Crippen LogP contribution in [0.4, 0.5) is 0 Å². The van der Waals surface area contributed by atoms with E-state index in [0.717, 1.165) is 36.7 Å². The second kappa shape index (κ2) is 4.45. The molecule has 1 fully saturated rings. The zero-order valence-corrected chi connectivity index (χ0v) is 10.2. The fourth-order valence-corrected chi connectivity index (χ4v) is 2.52. The first kappa shape index (κ1) is 10.7. The maximum Gasteiger partial charge on any atom is 0.155 e. The average molecular weight is 230 g/mol. The Hall–Kier alpha value is -1.42. The van der Waals surface area contributed by atoms with Gasteiger partial charge in [-0.15, -0.1) is 0 Å². The summed E-state index contributed by atoms with van der Waals surface area (Å²) >= 11 is 0. The number of hydrogen-bond acceptors (Lipinski definition) is 3. The number of nitrogens with zero attached hydrogens (tertiary/aromatic N) is 3. The summed E-state index contributed by atoms with van der Waals surface area (Å²) in [5.41, 5.74) is 2.10. The summed E-state index contributed by atoms with van der Waals surface area (Å²) in [6, 6.07) is 6.11. The molecule has 1 unspecified atom stereocenters. The number of hydrogen-bond donors (Lipinski definition) is 1. The van der Waals surface area contributed by atoms with Crippen LogP contribution < -0.4 is 5.32 Å². The normalized spacial score (nSPS) is 20.9. The van der Waals surface area contributed by atoms with Gasteiger partial charge in [0.15, 0.2) is 11.5 Å². The highest BCUT2D eigenvalue weighted by Gasteiger charge is 2.16. The van der Waals surface area contributed by atoms with Gasteiger partial charge in [0.25, 0.3) is 0 Å². The van der Waals surface area contributed by atoms with E-state index in [1.807, 2.05) is 16.6 Å². The fourth-order valence-electron chi connectivity index (χ4n) is 2.52. The van der Waals surface area contributed by atoms with Gasteiger partial charge in [-0.25, -0.2) is 9.50 Å². The lowest BCUT2D eigenvalue weighted by molar-refractivity contribution is 0.371. The van der Waals surface area contributed by atoms with E-state index in [-0.39, 0.29) is 0 Å². The summed E-state index contributed by atoms with van der Waals surface area (Å²) in [4.78, 5) is 4.59. The molecule has 1 aliphatic heterocycles. The van der Waals surface area contributed by atoms with Gasteiger partial charge in [0.1, 0.15) is 0 Å². The van der Waals surface area contributed by atoms with Crippen LogP contribution in [0.5, 0.6) is 0 Å². The van der Waals surface area contributed by atoms with Crippen LogP contribution in [0.2, 0.25) is 0 Å². The zero-order valence-electron chi connectivity index (χ0n) is 10.2. The summed E-state index contributed by atoms with van der Waals surface area (Å²) in [5, 5.41) is 8.02. The minimum Gasteiger partial charge on any atom is -0.316 e. The molecule has 1 N–H and O–H groups in total. The molecule has 4 nitrogen and oxygen atoms in total. The molecule has 0 radical (unpaired) electrons. The molecule has 17 heavy (non-hydrogen) atoms. The molecular weight excluding hydrogens is 212 g/mol. The molecule has 3 heterocycles. The van der Waals surface area contributed by atoms with E-state index in [0.29, 0.717) is 5.92 Å². The van der Waals surface area contributed by atoms with Crippen LogP contribution >= 0.6 is 0 Å². The van der Waals surface area contributed by atoms with E-state index in [9.17, 15) is 0 Å². The Bertz CT molecular complexity index is 511. The van der Waals surface area contributed by atoms with Crippen LogP contribution in [-0.2, 0) is 6.42 Å². The Labute approximate surface area is 101 Å². The van der Waals surface area contributed by atoms with Crippen molar-refractivity contribution < 1.29 is 0 Å². The lowest BCUT2D eigenvalue weighted by atomic mass is 9.96. The first-order valence-electron chi connectivity index (χ1n) is 6.35. The van der Waals surface area contributed by atoms with Gasteiger partial charge in [-0.1, -0.05) is 6.07 Å². The van der Waals surface area contributed by atoms with Gasteiger partial charge in [-0.2, -0.15) is 5.10 Å². The quantitative estimate of drug-likeness (QED) is 0.851. The predicted molar refractivity (Wildman–Crippen MR) is 67.0 cm³/mol. The molecule has 0 amide bonds. The number of aryl methyl sites for hydroxylation is 1. The van der Waals surface area contributed by atoms with Gasteiger partial charge in [0, 0.05) is 12.1 Å². The summed E-state index contributed by atoms with van der Waals surface area (Å²) in [6.07, 6.45) is 3.56. The molecule has 90 valence electrons. The van der Waals surface area contributed by atoms with Crippen molar-refractivity contribution in [1.82, 2.24) is 19.9 Å². The Morgan fingerprint density at radius 3 is 3.18 bits per heavy atom. The molecule has 2 aromatic heterocycles. The molecule has 2 aromatic rings. The highest BCUT2D eigenvalue weighted by Crippen LogP contribution is 2.15. The molecule has 4 heteroatoms. The van der Waals surface area contributed by atoms with Crippen molar-refractivity contribution in [3.05, 3.63) is 29.7 Å². The Morgan fingerprint density at radius 1 is 1.47 bits per heavy atom. The Kier molecular flexibility index (Phi) is 2.81.